The lowest BCUT2D eigenvalue weighted by molar-refractivity contribution is 0.102. The molecule has 0 unspecified atom stereocenters. The summed E-state index contributed by atoms with van der Waals surface area (Å²) < 4.78 is 13.1. The van der Waals surface area contributed by atoms with E-state index in [2.05, 4.69) is 15.3 Å². The first kappa shape index (κ1) is 18.9. The van der Waals surface area contributed by atoms with E-state index in [4.69, 9.17) is 9.47 Å². The molecular formula is C21H20N4O3S. The van der Waals surface area contributed by atoms with Gasteiger partial charge in [0.25, 0.3) is 5.91 Å². The number of para-hydroxylation sites is 2. The van der Waals surface area contributed by atoms with Gasteiger partial charge in [0.2, 0.25) is 5.95 Å². The summed E-state index contributed by atoms with van der Waals surface area (Å²) in [4.78, 5) is 21.5. The van der Waals surface area contributed by atoms with Gasteiger partial charge in [0, 0.05) is 17.5 Å². The van der Waals surface area contributed by atoms with Crippen LogP contribution in [0.5, 0.6) is 11.5 Å². The number of hydrogen-bond donors (Lipinski definition) is 1. The van der Waals surface area contributed by atoms with Crippen molar-refractivity contribution in [1.82, 2.24) is 14.5 Å². The Morgan fingerprint density at radius 2 is 2.07 bits per heavy atom. The van der Waals surface area contributed by atoms with Crippen LogP contribution in [0, 0.1) is 0 Å². The van der Waals surface area contributed by atoms with Gasteiger partial charge in [-0.2, -0.15) is 0 Å². The third-order valence-electron chi connectivity index (χ3n) is 4.48. The molecular weight excluding hydrogens is 388 g/mol. The minimum Gasteiger partial charge on any atom is -0.493 e. The lowest BCUT2D eigenvalue weighted by atomic mass is 10.2. The van der Waals surface area contributed by atoms with Crippen molar-refractivity contribution in [3.8, 4) is 11.5 Å². The van der Waals surface area contributed by atoms with Gasteiger partial charge in [-0.3, -0.25) is 10.1 Å². The highest BCUT2D eigenvalue weighted by atomic mass is 32.1. The van der Waals surface area contributed by atoms with E-state index in [1.165, 1.54) is 11.3 Å². The van der Waals surface area contributed by atoms with Gasteiger partial charge in [0.15, 0.2) is 11.5 Å². The highest BCUT2D eigenvalue weighted by Crippen LogP contribution is 2.29. The topological polar surface area (TPSA) is 78.3 Å². The van der Waals surface area contributed by atoms with E-state index in [-0.39, 0.29) is 5.91 Å². The first-order valence-corrected chi connectivity index (χ1v) is 10.1. The Labute approximate surface area is 171 Å². The van der Waals surface area contributed by atoms with Crippen molar-refractivity contribution in [2.75, 3.05) is 12.4 Å². The Bertz CT molecular complexity index is 1140. The number of aryl methyl sites for hydroxylation is 1. The second-order valence-corrected chi connectivity index (χ2v) is 6.98. The summed E-state index contributed by atoms with van der Waals surface area (Å²) in [5.41, 5.74) is 4.88. The summed E-state index contributed by atoms with van der Waals surface area (Å²) in [5, 5.41) is 4.82. The number of nitrogens with one attached hydrogen (secondary N) is 1. The number of thiazole rings is 1. The van der Waals surface area contributed by atoms with Gasteiger partial charge in [-0.05, 0) is 37.3 Å². The lowest BCUT2D eigenvalue weighted by Gasteiger charge is -2.12. The maximum Gasteiger partial charge on any atom is 0.258 e. The largest absolute Gasteiger partial charge is 0.493 e. The quantitative estimate of drug-likeness (QED) is 0.492. The van der Waals surface area contributed by atoms with Gasteiger partial charge in [0.05, 0.1) is 29.3 Å². The maximum atomic E-state index is 12.8. The highest BCUT2D eigenvalue weighted by molar-refractivity contribution is 7.07. The zero-order valence-electron chi connectivity index (χ0n) is 16.1. The number of methoxy groups -OCH3 is 1. The Morgan fingerprint density at radius 1 is 1.21 bits per heavy atom. The Morgan fingerprint density at radius 3 is 2.83 bits per heavy atom. The fourth-order valence-corrected chi connectivity index (χ4v) is 3.60. The number of nitrogens with zero attached hydrogens (tertiary/aromatic N) is 3. The molecule has 0 aliphatic heterocycles. The van der Waals surface area contributed by atoms with Crippen LogP contribution in [0.4, 0.5) is 5.95 Å². The molecule has 2 aromatic heterocycles. The van der Waals surface area contributed by atoms with Crippen molar-refractivity contribution < 1.29 is 14.3 Å². The van der Waals surface area contributed by atoms with Gasteiger partial charge in [-0.15, -0.1) is 11.3 Å². The first-order chi connectivity index (χ1) is 14.2. The van der Waals surface area contributed by atoms with Crippen LogP contribution in [-0.2, 0) is 13.2 Å². The van der Waals surface area contributed by atoms with Gasteiger partial charge < -0.3 is 14.0 Å². The normalized spacial score (nSPS) is 10.8. The van der Waals surface area contributed by atoms with Crippen LogP contribution in [0.2, 0.25) is 0 Å². The molecule has 0 spiro atoms. The summed E-state index contributed by atoms with van der Waals surface area (Å²) >= 11 is 1.51. The molecule has 0 fully saturated rings. The molecule has 0 saturated carbocycles. The zero-order valence-corrected chi connectivity index (χ0v) is 16.9. The molecule has 8 heteroatoms. The van der Waals surface area contributed by atoms with Gasteiger partial charge >= 0.3 is 0 Å². The fourth-order valence-electron chi connectivity index (χ4n) is 3.05. The molecule has 29 heavy (non-hydrogen) atoms. The summed E-state index contributed by atoms with van der Waals surface area (Å²) in [7, 11) is 1.54. The molecule has 4 rings (SSSR count). The van der Waals surface area contributed by atoms with Crippen molar-refractivity contribution >= 4 is 34.2 Å². The molecule has 0 radical (unpaired) electrons. The molecule has 148 valence electrons. The van der Waals surface area contributed by atoms with Gasteiger partial charge in [0.1, 0.15) is 6.61 Å². The van der Waals surface area contributed by atoms with Crippen molar-refractivity contribution in [3.05, 3.63) is 64.6 Å². The molecule has 2 heterocycles. The van der Waals surface area contributed by atoms with E-state index in [0.29, 0.717) is 36.2 Å². The number of rotatable bonds is 7. The molecule has 0 saturated heterocycles. The monoisotopic (exact) mass is 408 g/mol. The Hall–Kier alpha value is -3.39. The second kappa shape index (κ2) is 8.32. The zero-order chi connectivity index (χ0) is 20.2. The summed E-state index contributed by atoms with van der Waals surface area (Å²) in [6.07, 6.45) is 0. The number of carbonyl (C=O) groups is 1. The molecule has 1 amide bonds. The standard InChI is InChI=1S/C21H20N4O3S/c1-3-25-17-7-5-4-6-16(17)23-21(25)24-20(26)14-8-9-18(19(10-14)27-2)28-11-15-12-29-13-22-15/h4-10,12-13H,3,11H2,1-2H3,(H,23,24,26). The third kappa shape index (κ3) is 3.93. The van der Waals surface area contributed by atoms with Gasteiger partial charge in [-0.25, -0.2) is 9.97 Å². The maximum absolute atomic E-state index is 12.8. The predicted molar refractivity (Wildman–Crippen MR) is 113 cm³/mol. The number of carbonyl (C=O) groups excluding carboxylic acids is 1. The number of fused-ring (bicyclic) bond motifs is 1. The Kier molecular flexibility index (Phi) is 5.44. The van der Waals surface area contributed by atoms with Crippen LogP contribution in [0.25, 0.3) is 11.0 Å². The van der Waals surface area contributed by atoms with Crippen molar-refractivity contribution in [2.45, 2.75) is 20.1 Å². The average Bonchev–Trinajstić information content (AvgIpc) is 3.39. The minimum atomic E-state index is -0.264. The highest BCUT2D eigenvalue weighted by Gasteiger charge is 2.16. The average molecular weight is 408 g/mol. The van der Waals surface area contributed by atoms with E-state index in [1.807, 2.05) is 41.1 Å². The number of ether oxygens (including phenoxy) is 2. The number of amides is 1. The second-order valence-electron chi connectivity index (χ2n) is 6.26. The van der Waals surface area contributed by atoms with E-state index in [9.17, 15) is 4.79 Å². The van der Waals surface area contributed by atoms with E-state index >= 15 is 0 Å². The molecule has 0 bridgehead atoms. The summed E-state index contributed by atoms with van der Waals surface area (Å²) in [6.45, 7) is 3.05. The van der Waals surface area contributed by atoms with Crippen LogP contribution in [0.15, 0.2) is 53.4 Å². The number of aromatic nitrogens is 3. The van der Waals surface area contributed by atoms with Crippen LogP contribution < -0.4 is 14.8 Å². The van der Waals surface area contributed by atoms with Crippen LogP contribution in [-0.4, -0.2) is 27.6 Å². The number of anilines is 1. The molecule has 1 N–H and O–H groups in total. The van der Waals surface area contributed by atoms with Crippen molar-refractivity contribution in [2.24, 2.45) is 0 Å². The third-order valence-corrected chi connectivity index (χ3v) is 5.12. The molecule has 4 aromatic rings. The van der Waals surface area contributed by atoms with Crippen LogP contribution >= 0.6 is 11.3 Å². The summed E-state index contributed by atoms with van der Waals surface area (Å²) in [6, 6.07) is 12.9. The SMILES string of the molecule is CCn1c(NC(=O)c2ccc(OCc3cscn3)c(OC)c2)nc2ccccc21. The Balaban J connectivity index is 1.54. The van der Waals surface area contributed by atoms with Crippen LogP contribution in [0.3, 0.4) is 0 Å². The summed E-state index contributed by atoms with van der Waals surface area (Å²) in [5.74, 6) is 1.29. The van der Waals surface area contributed by atoms with Gasteiger partial charge in [-0.1, -0.05) is 12.1 Å². The molecule has 2 aromatic carbocycles. The molecule has 7 nitrogen and oxygen atoms in total. The van der Waals surface area contributed by atoms with E-state index < -0.39 is 0 Å². The molecule has 0 aliphatic carbocycles. The number of imidazole rings is 1. The number of benzene rings is 2. The van der Waals surface area contributed by atoms with E-state index in [1.54, 1.807) is 30.8 Å². The lowest BCUT2D eigenvalue weighted by Crippen LogP contribution is -2.16. The predicted octanol–water partition coefficient (Wildman–Crippen LogP) is 4.35. The molecule has 0 atom stereocenters. The van der Waals surface area contributed by atoms with Crippen LogP contribution in [0.1, 0.15) is 23.0 Å². The minimum absolute atomic E-state index is 0.264. The first-order valence-electron chi connectivity index (χ1n) is 9.14. The fraction of sp³-hybridized carbons (Fsp3) is 0.190. The number of hydrogen-bond acceptors (Lipinski definition) is 6. The molecule has 0 aliphatic rings. The van der Waals surface area contributed by atoms with Crippen molar-refractivity contribution in [1.29, 1.82) is 0 Å². The van der Waals surface area contributed by atoms with E-state index in [0.717, 1.165) is 16.7 Å². The smallest absolute Gasteiger partial charge is 0.258 e. The van der Waals surface area contributed by atoms with Crippen molar-refractivity contribution in [3.63, 3.8) is 0 Å².